The SMILES string of the molecule is Cc1cc2c(o1)c(C(=O)NC(C)(C)CC(C)(C)C)cc1nc(Nc3c(Cl)cncc3Cl)[nH]c12. The zero-order valence-corrected chi connectivity index (χ0v) is 21.0. The highest BCUT2D eigenvalue weighted by Gasteiger charge is 2.29. The van der Waals surface area contributed by atoms with Crippen LogP contribution in [0.5, 0.6) is 0 Å². The van der Waals surface area contributed by atoms with Gasteiger partial charge in [0.05, 0.1) is 32.3 Å². The van der Waals surface area contributed by atoms with Crippen molar-refractivity contribution in [1.29, 1.82) is 0 Å². The van der Waals surface area contributed by atoms with Crippen LogP contribution in [0.3, 0.4) is 0 Å². The Hall–Kier alpha value is -2.77. The van der Waals surface area contributed by atoms with E-state index in [0.717, 1.165) is 17.3 Å². The molecule has 3 heterocycles. The van der Waals surface area contributed by atoms with E-state index in [0.29, 0.717) is 44.1 Å². The van der Waals surface area contributed by atoms with Crippen LogP contribution in [0.25, 0.3) is 22.0 Å². The molecule has 0 saturated carbocycles. The summed E-state index contributed by atoms with van der Waals surface area (Å²) in [4.78, 5) is 25.2. The summed E-state index contributed by atoms with van der Waals surface area (Å²) in [5.74, 6) is 0.929. The molecule has 0 fully saturated rings. The third-order valence-corrected chi connectivity index (χ3v) is 5.72. The number of amides is 1. The summed E-state index contributed by atoms with van der Waals surface area (Å²) in [6, 6.07) is 3.63. The maximum Gasteiger partial charge on any atom is 0.255 e. The normalized spacial score (nSPS) is 12.5. The molecule has 0 spiro atoms. The number of nitrogens with zero attached hydrogens (tertiary/aromatic N) is 2. The number of rotatable bonds is 5. The van der Waals surface area contributed by atoms with Crippen molar-refractivity contribution in [2.24, 2.45) is 5.41 Å². The van der Waals surface area contributed by atoms with Crippen LogP contribution in [0.15, 0.2) is 28.9 Å². The van der Waals surface area contributed by atoms with Crippen LogP contribution in [0.4, 0.5) is 11.6 Å². The minimum Gasteiger partial charge on any atom is -0.460 e. The van der Waals surface area contributed by atoms with Crippen molar-refractivity contribution in [2.45, 2.75) is 53.5 Å². The molecule has 0 aliphatic rings. The topological polar surface area (TPSA) is 95.8 Å². The fourth-order valence-corrected chi connectivity index (χ4v) is 4.88. The number of aromatic amines is 1. The Labute approximate surface area is 202 Å². The maximum atomic E-state index is 13.3. The van der Waals surface area contributed by atoms with Gasteiger partial charge in [0.1, 0.15) is 11.3 Å². The third kappa shape index (κ3) is 4.94. The number of pyridine rings is 1. The van der Waals surface area contributed by atoms with Gasteiger partial charge in [0.2, 0.25) is 5.95 Å². The first-order chi connectivity index (χ1) is 15.3. The maximum absolute atomic E-state index is 13.3. The summed E-state index contributed by atoms with van der Waals surface area (Å²) in [5.41, 5.74) is 2.47. The average Bonchev–Trinajstić information content (AvgIpc) is 3.23. The molecule has 0 unspecified atom stereocenters. The van der Waals surface area contributed by atoms with Gasteiger partial charge in [-0.3, -0.25) is 9.78 Å². The number of hydrogen-bond acceptors (Lipinski definition) is 5. The largest absolute Gasteiger partial charge is 0.460 e. The zero-order chi connectivity index (χ0) is 24.1. The lowest BCUT2D eigenvalue weighted by Crippen LogP contribution is -2.45. The van der Waals surface area contributed by atoms with Crippen LogP contribution in [-0.4, -0.2) is 26.4 Å². The lowest BCUT2D eigenvalue weighted by atomic mass is 9.81. The van der Waals surface area contributed by atoms with Gasteiger partial charge in [-0.1, -0.05) is 44.0 Å². The minimum atomic E-state index is -0.397. The Balaban J connectivity index is 1.76. The highest BCUT2D eigenvalue weighted by atomic mass is 35.5. The minimum absolute atomic E-state index is 0.0651. The van der Waals surface area contributed by atoms with E-state index in [9.17, 15) is 4.79 Å². The van der Waals surface area contributed by atoms with Crippen molar-refractivity contribution in [3.8, 4) is 0 Å². The summed E-state index contributed by atoms with van der Waals surface area (Å²) in [5, 5.41) is 7.79. The summed E-state index contributed by atoms with van der Waals surface area (Å²) in [6.07, 6.45) is 3.81. The highest BCUT2D eigenvalue weighted by Crippen LogP contribution is 2.35. The summed E-state index contributed by atoms with van der Waals surface area (Å²) in [6.45, 7) is 12.4. The van der Waals surface area contributed by atoms with Gasteiger partial charge >= 0.3 is 0 Å². The number of anilines is 2. The Kier molecular flexibility index (Phi) is 5.83. The molecule has 0 bridgehead atoms. The molecule has 0 aliphatic heterocycles. The van der Waals surface area contributed by atoms with Gasteiger partial charge in [0.25, 0.3) is 5.91 Å². The number of aromatic nitrogens is 3. The Morgan fingerprint density at radius 3 is 2.42 bits per heavy atom. The fraction of sp³-hybridized carbons (Fsp3) is 0.375. The van der Waals surface area contributed by atoms with Crippen molar-refractivity contribution in [1.82, 2.24) is 20.3 Å². The first-order valence-electron chi connectivity index (χ1n) is 10.6. The molecule has 3 aromatic heterocycles. The van der Waals surface area contributed by atoms with E-state index in [-0.39, 0.29) is 11.3 Å². The number of imidazole rings is 1. The quantitative estimate of drug-likeness (QED) is 0.281. The molecule has 4 aromatic rings. The van der Waals surface area contributed by atoms with E-state index >= 15 is 0 Å². The Bertz CT molecular complexity index is 1340. The molecule has 0 aliphatic carbocycles. The van der Waals surface area contributed by atoms with Crippen LogP contribution in [0, 0.1) is 12.3 Å². The van der Waals surface area contributed by atoms with Crippen molar-refractivity contribution in [3.63, 3.8) is 0 Å². The number of H-pyrrole nitrogens is 1. The van der Waals surface area contributed by atoms with E-state index in [2.05, 4.69) is 46.4 Å². The van der Waals surface area contributed by atoms with E-state index in [4.69, 9.17) is 27.6 Å². The first-order valence-corrected chi connectivity index (χ1v) is 11.4. The van der Waals surface area contributed by atoms with Crippen LogP contribution in [0.2, 0.25) is 10.0 Å². The molecule has 3 N–H and O–H groups in total. The number of hydrogen-bond donors (Lipinski definition) is 3. The Morgan fingerprint density at radius 1 is 1.12 bits per heavy atom. The average molecular weight is 488 g/mol. The molecule has 33 heavy (non-hydrogen) atoms. The number of aryl methyl sites for hydroxylation is 1. The van der Waals surface area contributed by atoms with Gasteiger partial charge < -0.3 is 20.0 Å². The van der Waals surface area contributed by atoms with Gasteiger partial charge in [0, 0.05) is 23.3 Å². The fourth-order valence-electron chi connectivity index (χ4n) is 4.42. The molecule has 7 nitrogen and oxygen atoms in total. The van der Waals surface area contributed by atoms with Gasteiger partial charge in [-0.05, 0) is 44.7 Å². The van der Waals surface area contributed by atoms with Gasteiger partial charge in [-0.2, -0.15) is 0 Å². The Morgan fingerprint density at radius 2 is 1.79 bits per heavy atom. The lowest BCUT2D eigenvalue weighted by Gasteiger charge is -2.33. The van der Waals surface area contributed by atoms with Crippen LogP contribution >= 0.6 is 23.2 Å². The van der Waals surface area contributed by atoms with Gasteiger partial charge in [0.15, 0.2) is 0 Å². The van der Waals surface area contributed by atoms with Crippen LogP contribution in [0.1, 0.15) is 57.2 Å². The van der Waals surface area contributed by atoms with Gasteiger partial charge in [-0.25, -0.2) is 4.98 Å². The molecule has 9 heteroatoms. The molecule has 4 rings (SSSR count). The standard InChI is InChI=1S/C24H27Cl2N5O2/c1-12-7-13-18-17(28-22(29-18)30-19-15(25)9-27-10-16(19)26)8-14(20(13)33-12)21(32)31-24(5,6)11-23(2,3)4/h7-10H,11H2,1-6H3,(H,31,32)(H2,27,28,29,30). The number of carbonyl (C=O) groups is 1. The molecule has 1 aromatic carbocycles. The van der Waals surface area contributed by atoms with Crippen molar-refractivity contribution >= 4 is 62.7 Å². The van der Waals surface area contributed by atoms with E-state index in [1.165, 1.54) is 12.4 Å². The number of nitrogens with one attached hydrogen (secondary N) is 3. The second kappa shape index (κ2) is 8.22. The number of halogens is 2. The van der Waals surface area contributed by atoms with Crippen molar-refractivity contribution < 1.29 is 9.21 Å². The highest BCUT2D eigenvalue weighted by molar-refractivity contribution is 6.39. The van der Waals surface area contributed by atoms with Crippen molar-refractivity contribution in [2.75, 3.05) is 5.32 Å². The molecular weight excluding hydrogens is 461 g/mol. The van der Waals surface area contributed by atoms with Crippen LogP contribution in [-0.2, 0) is 0 Å². The molecule has 0 atom stereocenters. The number of carbonyl (C=O) groups excluding carboxylic acids is 1. The second-order valence-electron chi connectivity index (χ2n) is 10.2. The first kappa shape index (κ1) is 23.4. The predicted octanol–water partition coefficient (Wildman–Crippen LogP) is 7.01. The summed E-state index contributed by atoms with van der Waals surface area (Å²) < 4.78 is 5.93. The summed E-state index contributed by atoms with van der Waals surface area (Å²) >= 11 is 12.5. The predicted molar refractivity (Wildman–Crippen MR) is 134 cm³/mol. The number of furan rings is 1. The van der Waals surface area contributed by atoms with E-state index < -0.39 is 5.54 Å². The smallest absolute Gasteiger partial charge is 0.255 e. The van der Waals surface area contributed by atoms with E-state index in [1.54, 1.807) is 6.07 Å². The van der Waals surface area contributed by atoms with Crippen molar-refractivity contribution in [3.05, 3.63) is 45.9 Å². The molecule has 174 valence electrons. The molecule has 0 saturated heterocycles. The second-order valence-corrected chi connectivity index (χ2v) is 11.0. The zero-order valence-electron chi connectivity index (χ0n) is 19.5. The molecule has 0 radical (unpaired) electrons. The number of benzene rings is 1. The molecular formula is C24H27Cl2N5O2. The monoisotopic (exact) mass is 487 g/mol. The lowest BCUT2D eigenvalue weighted by molar-refractivity contribution is 0.0892. The summed E-state index contributed by atoms with van der Waals surface area (Å²) in [7, 11) is 0. The van der Waals surface area contributed by atoms with Gasteiger partial charge in [-0.15, -0.1) is 0 Å². The third-order valence-electron chi connectivity index (χ3n) is 5.15. The molecule has 1 amide bonds. The number of fused-ring (bicyclic) bond motifs is 3. The van der Waals surface area contributed by atoms with E-state index in [1.807, 2.05) is 26.8 Å². The van der Waals surface area contributed by atoms with Crippen LogP contribution < -0.4 is 10.6 Å².